The van der Waals surface area contributed by atoms with Gasteiger partial charge in [-0.2, -0.15) is 0 Å². The lowest BCUT2D eigenvalue weighted by atomic mass is 9.83. The highest BCUT2D eigenvalue weighted by molar-refractivity contribution is 6.33. The number of hydrogen-bond acceptors (Lipinski definition) is 2. The first-order valence-electron chi connectivity index (χ1n) is 6.42. The van der Waals surface area contributed by atoms with Crippen molar-refractivity contribution >= 4 is 17.5 Å². The third kappa shape index (κ3) is 3.67. The number of aliphatic hydroxyl groups excluding tert-OH is 1. The zero-order valence-corrected chi connectivity index (χ0v) is 12.2. The Kier molecular flexibility index (Phi) is 5.89. The van der Waals surface area contributed by atoms with Crippen molar-refractivity contribution in [1.82, 2.24) is 5.32 Å². The minimum absolute atomic E-state index is 0.0637. The number of aliphatic hydroxyl groups is 1. The summed E-state index contributed by atoms with van der Waals surface area (Å²) in [6.45, 7) is 4.00. The summed E-state index contributed by atoms with van der Waals surface area (Å²) in [6.07, 6.45) is 1.37. The first-order valence-corrected chi connectivity index (χ1v) is 6.80. The van der Waals surface area contributed by atoms with Crippen molar-refractivity contribution < 1.29 is 18.7 Å². The number of benzene rings is 1. The van der Waals surface area contributed by atoms with E-state index < -0.39 is 23.0 Å². The van der Waals surface area contributed by atoms with Crippen molar-refractivity contribution in [3.05, 3.63) is 34.4 Å². The Bertz CT molecular complexity index is 482. The van der Waals surface area contributed by atoms with E-state index in [9.17, 15) is 18.7 Å². The predicted molar refractivity (Wildman–Crippen MR) is 73.8 cm³/mol. The van der Waals surface area contributed by atoms with Crippen molar-refractivity contribution in [3.63, 3.8) is 0 Å². The van der Waals surface area contributed by atoms with Gasteiger partial charge in [0.2, 0.25) is 0 Å². The fraction of sp³-hybridized carbons (Fsp3) is 0.500. The number of carbonyl (C=O) groups excluding carboxylic acids is 1. The van der Waals surface area contributed by atoms with Crippen LogP contribution in [0.2, 0.25) is 5.02 Å². The Morgan fingerprint density at radius 2 is 1.85 bits per heavy atom. The van der Waals surface area contributed by atoms with Gasteiger partial charge in [-0.25, -0.2) is 8.78 Å². The van der Waals surface area contributed by atoms with E-state index in [-0.39, 0.29) is 23.7 Å². The molecule has 0 aliphatic carbocycles. The van der Waals surface area contributed by atoms with Crippen LogP contribution in [0.3, 0.4) is 0 Å². The van der Waals surface area contributed by atoms with Crippen LogP contribution in [0.5, 0.6) is 0 Å². The molecule has 0 aliphatic rings. The molecule has 0 aliphatic heterocycles. The molecular weight excluding hydrogens is 288 g/mol. The molecule has 20 heavy (non-hydrogen) atoms. The second kappa shape index (κ2) is 6.99. The lowest BCUT2D eigenvalue weighted by Gasteiger charge is -2.29. The molecule has 112 valence electrons. The maximum Gasteiger partial charge on any atom is 0.252 e. The highest BCUT2D eigenvalue weighted by atomic mass is 35.5. The Labute approximate surface area is 121 Å². The van der Waals surface area contributed by atoms with Gasteiger partial charge in [-0.1, -0.05) is 25.4 Å². The molecule has 0 unspecified atom stereocenters. The predicted octanol–water partition coefficient (Wildman–Crippen LogP) is 3.15. The number of amides is 1. The molecule has 0 radical (unpaired) electrons. The Morgan fingerprint density at radius 3 is 2.35 bits per heavy atom. The van der Waals surface area contributed by atoms with Gasteiger partial charge in [-0.05, 0) is 25.0 Å². The van der Waals surface area contributed by atoms with E-state index in [1.165, 1.54) is 0 Å². The summed E-state index contributed by atoms with van der Waals surface area (Å²) in [5.74, 6) is -2.81. The zero-order valence-electron chi connectivity index (χ0n) is 11.5. The topological polar surface area (TPSA) is 49.3 Å². The molecule has 0 saturated heterocycles. The summed E-state index contributed by atoms with van der Waals surface area (Å²) in [6, 6.07) is 1.54. The van der Waals surface area contributed by atoms with Crippen LogP contribution >= 0.6 is 11.6 Å². The fourth-order valence-electron chi connectivity index (χ4n) is 1.84. The van der Waals surface area contributed by atoms with Gasteiger partial charge in [-0.3, -0.25) is 4.79 Å². The molecule has 1 amide bonds. The molecule has 0 spiro atoms. The van der Waals surface area contributed by atoms with Crippen molar-refractivity contribution in [3.8, 4) is 0 Å². The van der Waals surface area contributed by atoms with Crippen LogP contribution in [0.4, 0.5) is 8.78 Å². The summed E-state index contributed by atoms with van der Waals surface area (Å²) in [7, 11) is 0. The van der Waals surface area contributed by atoms with Gasteiger partial charge in [0.05, 0.1) is 17.2 Å². The van der Waals surface area contributed by atoms with Crippen molar-refractivity contribution in [2.45, 2.75) is 26.7 Å². The van der Waals surface area contributed by atoms with E-state index in [1.54, 1.807) is 0 Å². The minimum Gasteiger partial charge on any atom is -0.396 e. The van der Waals surface area contributed by atoms with E-state index in [0.29, 0.717) is 12.8 Å². The second-order valence-electron chi connectivity index (χ2n) is 4.79. The number of hydrogen-bond donors (Lipinski definition) is 2. The van der Waals surface area contributed by atoms with Crippen LogP contribution in [0.25, 0.3) is 0 Å². The molecule has 0 bridgehead atoms. The molecule has 6 heteroatoms. The molecule has 0 heterocycles. The Hall–Kier alpha value is -1.20. The highest BCUT2D eigenvalue weighted by Gasteiger charge is 2.26. The maximum absolute atomic E-state index is 13.1. The molecule has 1 rings (SSSR count). The van der Waals surface area contributed by atoms with E-state index >= 15 is 0 Å². The molecule has 0 fully saturated rings. The molecule has 3 nitrogen and oxygen atoms in total. The second-order valence-corrected chi connectivity index (χ2v) is 5.20. The van der Waals surface area contributed by atoms with Crippen molar-refractivity contribution in [1.29, 1.82) is 0 Å². The van der Waals surface area contributed by atoms with E-state index in [4.69, 9.17) is 11.6 Å². The van der Waals surface area contributed by atoms with E-state index in [2.05, 4.69) is 5.32 Å². The van der Waals surface area contributed by atoms with Crippen LogP contribution < -0.4 is 5.32 Å². The lowest BCUT2D eigenvalue weighted by Crippen LogP contribution is -2.39. The molecule has 1 aromatic carbocycles. The lowest BCUT2D eigenvalue weighted by molar-refractivity contribution is 0.0850. The number of nitrogens with one attached hydrogen (secondary N) is 1. The highest BCUT2D eigenvalue weighted by Crippen LogP contribution is 2.25. The number of rotatable bonds is 6. The maximum atomic E-state index is 13.1. The van der Waals surface area contributed by atoms with Gasteiger partial charge >= 0.3 is 0 Å². The first kappa shape index (κ1) is 16.9. The third-order valence-corrected chi connectivity index (χ3v) is 4.03. The number of halogens is 3. The van der Waals surface area contributed by atoms with Gasteiger partial charge in [-0.15, -0.1) is 0 Å². The Morgan fingerprint density at radius 1 is 1.30 bits per heavy atom. The van der Waals surface area contributed by atoms with Crippen LogP contribution in [0.1, 0.15) is 37.0 Å². The molecule has 1 aromatic rings. The monoisotopic (exact) mass is 305 g/mol. The van der Waals surface area contributed by atoms with E-state index in [0.717, 1.165) is 12.1 Å². The molecular formula is C14H18ClF2NO2. The summed E-state index contributed by atoms with van der Waals surface area (Å²) in [5.41, 5.74) is -0.537. The van der Waals surface area contributed by atoms with Gasteiger partial charge < -0.3 is 10.4 Å². The van der Waals surface area contributed by atoms with Crippen LogP contribution in [0.15, 0.2) is 12.1 Å². The minimum atomic E-state index is -1.13. The van der Waals surface area contributed by atoms with E-state index in [1.807, 2.05) is 13.8 Å². The van der Waals surface area contributed by atoms with Crippen molar-refractivity contribution in [2.75, 3.05) is 13.2 Å². The summed E-state index contributed by atoms with van der Waals surface area (Å²) in [4.78, 5) is 12.0. The van der Waals surface area contributed by atoms with Gasteiger partial charge in [0.25, 0.3) is 5.91 Å². The summed E-state index contributed by atoms with van der Waals surface area (Å²) >= 11 is 5.73. The third-order valence-electron chi connectivity index (χ3n) is 3.71. The Balaban J connectivity index is 2.85. The number of carbonyl (C=O) groups is 1. The largest absolute Gasteiger partial charge is 0.396 e. The van der Waals surface area contributed by atoms with Crippen LogP contribution in [-0.4, -0.2) is 24.2 Å². The van der Waals surface area contributed by atoms with Gasteiger partial charge in [0, 0.05) is 12.0 Å². The summed E-state index contributed by atoms with van der Waals surface area (Å²) < 4.78 is 26.1. The van der Waals surface area contributed by atoms with Gasteiger partial charge in [0.15, 0.2) is 11.6 Å². The smallest absolute Gasteiger partial charge is 0.252 e. The standard InChI is InChI=1S/C14H18ClF2NO2/c1-3-14(4-2,8-19)7-18-13(20)9-5-11(16)12(17)6-10(9)15/h5-6,19H,3-4,7-8H2,1-2H3,(H,18,20). The molecule has 0 aromatic heterocycles. The zero-order chi connectivity index (χ0) is 15.3. The fourth-order valence-corrected chi connectivity index (χ4v) is 2.08. The van der Waals surface area contributed by atoms with Crippen molar-refractivity contribution in [2.24, 2.45) is 5.41 Å². The van der Waals surface area contributed by atoms with Crippen LogP contribution in [0, 0.1) is 17.0 Å². The SMILES string of the molecule is CCC(CC)(CO)CNC(=O)c1cc(F)c(F)cc1Cl. The average Bonchev–Trinajstić information content (AvgIpc) is 2.44. The normalized spacial score (nSPS) is 11.5. The van der Waals surface area contributed by atoms with Crippen LogP contribution in [-0.2, 0) is 0 Å². The quantitative estimate of drug-likeness (QED) is 0.793. The molecule has 2 N–H and O–H groups in total. The van der Waals surface area contributed by atoms with Gasteiger partial charge in [0.1, 0.15) is 0 Å². The summed E-state index contributed by atoms with van der Waals surface area (Å²) in [5, 5.41) is 11.9. The molecule has 0 saturated carbocycles. The molecule has 0 atom stereocenters. The first-order chi connectivity index (χ1) is 9.39. The average molecular weight is 306 g/mol.